The average Bonchev–Trinajstić information content (AvgIpc) is 3.31. The number of anilines is 5. The van der Waals surface area contributed by atoms with E-state index in [1.54, 1.807) is 12.1 Å². The lowest BCUT2D eigenvalue weighted by Crippen LogP contribution is -2.22. The summed E-state index contributed by atoms with van der Waals surface area (Å²) in [7, 11) is 0. The van der Waals surface area contributed by atoms with Crippen molar-refractivity contribution in [2.24, 2.45) is 5.92 Å². The van der Waals surface area contributed by atoms with Crippen molar-refractivity contribution in [3.63, 3.8) is 0 Å². The average molecular weight is 509 g/mol. The van der Waals surface area contributed by atoms with Crippen LogP contribution in [0.25, 0.3) is 0 Å². The van der Waals surface area contributed by atoms with Gasteiger partial charge < -0.3 is 27.4 Å². The van der Waals surface area contributed by atoms with Gasteiger partial charge in [0.05, 0.1) is 11.4 Å². The van der Waals surface area contributed by atoms with Crippen LogP contribution in [0.5, 0.6) is 0 Å². The van der Waals surface area contributed by atoms with Crippen molar-refractivity contribution in [2.45, 2.75) is 38.8 Å². The lowest BCUT2D eigenvalue weighted by Gasteiger charge is -2.14. The molecule has 0 saturated carbocycles. The fourth-order valence-electron chi connectivity index (χ4n) is 4.67. The first kappa shape index (κ1) is 25.0. The van der Waals surface area contributed by atoms with Gasteiger partial charge in [0.15, 0.2) is 0 Å². The minimum atomic E-state index is -0.203. The number of nitrogens with one attached hydrogen (secondary N) is 3. The van der Waals surface area contributed by atoms with Gasteiger partial charge in [-0.25, -0.2) is 0 Å². The zero-order chi connectivity index (χ0) is 26.5. The Morgan fingerprint density at radius 2 is 1.50 bits per heavy atom. The monoisotopic (exact) mass is 508 g/mol. The first-order valence-corrected chi connectivity index (χ1v) is 12.7. The SMILES string of the molecule is CC(Cc1ccc(CNc2nc(N)nc(NC3Cc4ccccc4C3)n2)cc1)C(=O)Nc1ccccc1N. The van der Waals surface area contributed by atoms with Crippen LogP contribution in [0, 0.1) is 5.92 Å². The second-order valence-corrected chi connectivity index (χ2v) is 9.71. The van der Waals surface area contributed by atoms with Gasteiger partial charge in [-0.15, -0.1) is 0 Å². The maximum atomic E-state index is 12.6. The van der Waals surface area contributed by atoms with Crippen molar-refractivity contribution in [3.05, 3.63) is 95.1 Å². The number of hydrogen-bond acceptors (Lipinski definition) is 8. The molecule has 0 saturated heterocycles. The Kier molecular flexibility index (Phi) is 7.35. The molecule has 9 nitrogen and oxygen atoms in total. The quantitative estimate of drug-likeness (QED) is 0.213. The third-order valence-electron chi connectivity index (χ3n) is 6.72. The summed E-state index contributed by atoms with van der Waals surface area (Å²) < 4.78 is 0. The highest BCUT2D eigenvalue weighted by molar-refractivity contribution is 5.95. The minimum absolute atomic E-state index is 0.0630. The van der Waals surface area contributed by atoms with Gasteiger partial charge in [-0.05, 0) is 53.6 Å². The molecule has 1 amide bonds. The van der Waals surface area contributed by atoms with Crippen molar-refractivity contribution >= 4 is 35.1 Å². The van der Waals surface area contributed by atoms with Crippen LogP contribution < -0.4 is 27.4 Å². The van der Waals surface area contributed by atoms with E-state index in [4.69, 9.17) is 11.5 Å². The predicted octanol–water partition coefficient (Wildman–Crippen LogP) is 4.04. The predicted molar refractivity (Wildman–Crippen MR) is 152 cm³/mol. The van der Waals surface area contributed by atoms with Gasteiger partial charge in [-0.2, -0.15) is 15.0 Å². The maximum absolute atomic E-state index is 12.6. The maximum Gasteiger partial charge on any atom is 0.229 e. The molecule has 1 heterocycles. The molecule has 7 N–H and O–H groups in total. The number of aromatic nitrogens is 3. The van der Waals surface area contributed by atoms with Crippen molar-refractivity contribution < 1.29 is 4.79 Å². The molecule has 0 aliphatic heterocycles. The molecule has 1 aliphatic carbocycles. The number of carbonyl (C=O) groups excluding carboxylic acids is 1. The highest BCUT2D eigenvalue weighted by Crippen LogP contribution is 2.24. The molecule has 0 radical (unpaired) electrons. The van der Waals surface area contributed by atoms with Gasteiger partial charge in [0.2, 0.25) is 23.8 Å². The van der Waals surface area contributed by atoms with Crippen LogP contribution in [0.3, 0.4) is 0 Å². The van der Waals surface area contributed by atoms with Crippen LogP contribution in [0.1, 0.15) is 29.2 Å². The Bertz CT molecular complexity index is 1400. The standard InChI is InChI=1S/C29H32N8O/c1-18(26(38)34-25-9-5-4-8-24(25)30)14-19-10-12-20(13-11-19)17-32-28-35-27(31)36-29(37-28)33-23-15-21-6-2-3-7-22(21)16-23/h2-13,18,23H,14-17,30H2,1H3,(H,34,38)(H4,31,32,33,35,36,37). The van der Waals surface area contributed by atoms with Gasteiger partial charge in [-0.1, -0.05) is 67.6 Å². The first-order valence-electron chi connectivity index (χ1n) is 12.7. The van der Waals surface area contributed by atoms with Crippen LogP contribution in [0.2, 0.25) is 0 Å². The molecule has 38 heavy (non-hydrogen) atoms. The molecule has 194 valence electrons. The van der Waals surface area contributed by atoms with Gasteiger partial charge in [0.1, 0.15) is 0 Å². The molecule has 1 unspecified atom stereocenters. The molecule has 0 fully saturated rings. The molecule has 3 aromatic carbocycles. The molecule has 1 aliphatic rings. The summed E-state index contributed by atoms with van der Waals surface area (Å²) >= 11 is 0. The number of amides is 1. The summed E-state index contributed by atoms with van der Waals surface area (Å²) in [6.07, 6.45) is 2.48. The third kappa shape index (κ3) is 6.18. The lowest BCUT2D eigenvalue weighted by atomic mass is 9.99. The van der Waals surface area contributed by atoms with E-state index in [1.165, 1.54) is 11.1 Å². The van der Waals surface area contributed by atoms with E-state index in [2.05, 4.69) is 55.2 Å². The highest BCUT2D eigenvalue weighted by Gasteiger charge is 2.22. The number of nitrogens with zero attached hydrogens (tertiary/aromatic N) is 3. The number of carbonyl (C=O) groups is 1. The number of rotatable bonds is 9. The summed E-state index contributed by atoms with van der Waals surface area (Å²) in [6.45, 7) is 2.44. The van der Waals surface area contributed by atoms with E-state index < -0.39 is 0 Å². The highest BCUT2D eigenvalue weighted by atomic mass is 16.1. The molecule has 0 spiro atoms. The number of nitrogens with two attached hydrogens (primary N) is 2. The minimum Gasteiger partial charge on any atom is -0.397 e. The molecular formula is C29H32N8O. The van der Waals surface area contributed by atoms with Gasteiger partial charge in [-0.3, -0.25) is 4.79 Å². The molecule has 9 heteroatoms. The summed E-state index contributed by atoms with van der Waals surface area (Å²) in [5, 5.41) is 9.54. The molecule has 5 rings (SSSR count). The Morgan fingerprint density at radius 3 is 2.21 bits per heavy atom. The molecule has 4 aromatic rings. The zero-order valence-corrected chi connectivity index (χ0v) is 21.3. The van der Waals surface area contributed by atoms with Gasteiger partial charge in [0.25, 0.3) is 0 Å². The van der Waals surface area contributed by atoms with E-state index in [9.17, 15) is 4.79 Å². The van der Waals surface area contributed by atoms with E-state index in [-0.39, 0.29) is 23.8 Å². The van der Waals surface area contributed by atoms with Crippen molar-refractivity contribution in [3.8, 4) is 0 Å². The largest absolute Gasteiger partial charge is 0.397 e. The van der Waals surface area contributed by atoms with E-state index in [0.717, 1.165) is 24.0 Å². The fourth-order valence-corrected chi connectivity index (χ4v) is 4.67. The van der Waals surface area contributed by atoms with E-state index in [0.29, 0.717) is 36.2 Å². The summed E-state index contributed by atoms with van der Waals surface area (Å²) in [4.78, 5) is 25.6. The summed E-state index contributed by atoms with van der Waals surface area (Å²) in [5.41, 5.74) is 17.9. The molecular weight excluding hydrogens is 476 g/mol. The molecule has 1 aromatic heterocycles. The second kappa shape index (κ2) is 11.2. The van der Waals surface area contributed by atoms with Crippen LogP contribution in [-0.4, -0.2) is 26.9 Å². The molecule has 0 bridgehead atoms. The molecule has 1 atom stereocenters. The third-order valence-corrected chi connectivity index (χ3v) is 6.72. The number of benzene rings is 3. The number of fused-ring (bicyclic) bond motifs is 1. The van der Waals surface area contributed by atoms with Crippen LogP contribution >= 0.6 is 0 Å². The zero-order valence-electron chi connectivity index (χ0n) is 21.3. The smallest absolute Gasteiger partial charge is 0.229 e. The van der Waals surface area contributed by atoms with Gasteiger partial charge >= 0.3 is 0 Å². The Hall–Kier alpha value is -4.66. The summed E-state index contributed by atoms with van der Waals surface area (Å²) in [6, 6.07) is 24.1. The fraction of sp³-hybridized carbons (Fsp3) is 0.241. The van der Waals surface area contributed by atoms with Crippen LogP contribution in [-0.2, 0) is 30.6 Å². The first-order chi connectivity index (χ1) is 18.4. The number of nitrogen functional groups attached to an aromatic ring is 2. The topological polar surface area (TPSA) is 144 Å². The normalized spacial score (nSPS) is 13.5. The Labute approximate surface area is 222 Å². The van der Waals surface area contributed by atoms with Crippen molar-refractivity contribution in [1.29, 1.82) is 0 Å². The van der Waals surface area contributed by atoms with Crippen LogP contribution in [0.15, 0.2) is 72.8 Å². The van der Waals surface area contributed by atoms with Crippen molar-refractivity contribution in [1.82, 2.24) is 15.0 Å². The van der Waals surface area contributed by atoms with E-state index in [1.807, 2.05) is 43.3 Å². The second-order valence-electron chi connectivity index (χ2n) is 9.71. The van der Waals surface area contributed by atoms with E-state index >= 15 is 0 Å². The summed E-state index contributed by atoms with van der Waals surface area (Å²) in [5.74, 6) is 0.792. The number of hydrogen-bond donors (Lipinski definition) is 5. The van der Waals surface area contributed by atoms with Gasteiger partial charge in [0, 0.05) is 18.5 Å². The Morgan fingerprint density at radius 1 is 0.868 bits per heavy atom. The Balaban J connectivity index is 1.13. The number of para-hydroxylation sites is 2. The van der Waals surface area contributed by atoms with Crippen molar-refractivity contribution in [2.75, 3.05) is 27.4 Å². The van der Waals surface area contributed by atoms with Crippen LogP contribution in [0.4, 0.5) is 29.2 Å². The lowest BCUT2D eigenvalue weighted by molar-refractivity contribution is -0.119.